The number of nitrogens with one attached hydrogen (secondary N) is 1. The summed E-state index contributed by atoms with van der Waals surface area (Å²) in [7, 11) is -0.598. The van der Waals surface area contributed by atoms with E-state index in [1.807, 2.05) is 0 Å². The molecule has 1 aromatic heterocycles. The van der Waals surface area contributed by atoms with E-state index in [4.69, 9.17) is 4.42 Å². The highest BCUT2D eigenvalue weighted by Gasteiger charge is 2.17. The van der Waals surface area contributed by atoms with Crippen LogP contribution in [0.4, 0.5) is 0 Å². The van der Waals surface area contributed by atoms with Gasteiger partial charge in [-0.15, -0.1) is 0 Å². The minimum absolute atomic E-state index is 0.598. The molecule has 2 rings (SSSR count). The lowest BCUT2D eigenvalue weighted by molar-refractivity contribution is 0.288. The Labute approximate surface area is 111 Å². The van der Waals surface area contributed by atoms with Crippen molar-refractivity contribution in [2.75, 3.05) is 31.1 Å². The van der Waals surface area contributed by atoms with Gasteiger partial charge in [-0.25, -0.2) is 0 Å². The summed E-state index contributed by atoms with van der Waals surface area (Å²) in [5.41, 5.74) is 1.26. The lowest BCUT2D eigenvalue weighted by Crippen LogP contribution is -2.37. The van der Waals surface area contributed by atoms with Gasteiger partial charge in [0, 0.05) is 47.5 Å². The predicted molar refractivity (Wildman–Crippen MR) is 73.9 cm³/mol. The Hall–Kier alpha value is -0.650. The second-order valence-electron chi connectivity index (χ2n) is 4.67. The Kier molecular flexibility index (Phi) is 5.41. The van der Waals surface area contributed by atoms with Crippen molar-refractivity contribution in [2.45, 2.75) is 26.4 Å². The van der Waals surface area contributed by atoms with Crippen LogP contribution in [0.25, 0.3) is 0 Å². The maximum Gasteiger partial charge on any atom is 0.122 e. The molecule has 0 unspecified atom stereocenters. The van der Waals surface area contributed by atoms with Crippen molar-refractivity contribution in [3.05, 3.63) is 23.7 Å². The molecule has 18 heavy (non-hydrogen) atoms. The first-order valence-corrected chi connectivity index (χ1v) is 8.11. The van der Waals surface area contributed by atoms with Crippen molar-refractivity contribution in [3.63, 3.8) is 0 Å². The first-order valence-electron chi connectivity index (χ1n) is 6.63. The normalized spacial score (nSPS) is 18.3. The van der Waals surface area contributed by atoms with Crippen LogP contribution in [0, 0.1) is 0 Å². The Morgan fingerprint density at radius 3 is 2.94 bits per heavy atom. The van der Waals surface area contributed by atoms with E-state index < -0.39 is 10.8 Å². The number of hydrogen-bond acceptors (Lipinski definition) is 4. The monoisotopic (exact) mass is 270 g/mol. The molecule has 1 fully saturated rings. The third-order valence-electron chi connectivity index (χ3n) is 3.21. The molecule has 0 radical (unpaired) electrons. The standard InChI is InChI=1S/C13H22N2O2S/c1-2-4-14-10-13-12(3-7-17-13)11-15-5-8-18(16)9-6-15/h3,7,14H,2,4-6,8-11H2,1H3. The van der Waals surface area contributed by atoms with Crippen molar-refractivity contribution in [2.24, 2.45) is 0 Å². The van der Waals surface area contributed by atoms with Crippen LogP contribution in [0.15, 0.2) is 16.7 Å². The molecule has 0 amide bonds. The topological polar surface area (TPSA) is 45.5 Å². The molecule has 0 aliphatic carbocycles. The van der Waals surface area contributed by atoms with E-state index in [2.05, 4.69) is 23.2 Å². The Bertz CT molecular complexity index is 382. The first-order chi connectivity index (χ1) is 8.79. The van der Waals surface area contributed by atoms with Crippen LogP contribution in [0.5, 0.6) is 0 Å². The van der Waals surface area contributed by atoms with Crippen LogP contribution < -0.4 is 5.32 Å². The molecule has 1 aromatic rings. The van der Waals surface area contributed by atoms with Crippen molar-refractivity contribution < 1.29 is 8.63 Å². The van der Waals surface area contributed by atoms with Gasteiger partial charge >= 0.3 is 0 Å². The average Bonchev–Trinajstić information content (AvgIpc) is 2.80. The zero-order chi connectivity index (χ0) is 12.8. The summed E-state index contributed by atoms with van der Waals surface area (Å²) >= 11 is 0. The van der Waals surface area contributed by atoms with Crippen molar-refractivity contribution in [1.82, 2.24) is 10.2 Å². The number of hydrogen-bond donors (Lipinski definition) is 1. The van der Waals surface area contributed by atoms with Crippen LogP contribution in [-0.4, -0.2) is 40.2 Å². The third kappa shape index (κ3) is 3.93. The molecule has 0 aromatic carbocycles. The van der Waals surface area contributed by atoms with Crippen molar-refractivity contribution >= 4 is 10.8 Å². The highest BCUT2D eigenvalue weighted by atomic mass is 32.2. The van der Waals surface area contributed by atoms with E-state index in [1.165, 1.54) is 5.56 Å². The summed E-state index contributed by atoms with van der Waals surface area (Å²) in [6, 6.07) is 2.05. The van der Waals surface area contributed by atoms with Gasteiger partial charge in [0.05, 0.1) is 12.8 Å². The van der Waals surface area contributed by atoms with Crippen LogP contribution in [0.3, 0.4) is 0 Å². The van der Waals surface area contributed by atoms with E-state index >= 15 is 0 Å². The maximum absolute atomic E-state index is 11.3. The average molecular weight is 270 g/mol. The fraction of sp³-hybridized carbons (Fsp3) is 0.692. The lowest BCUT2D eigenvalue weighted by atomic mass is 10.2. The fourth-order valence-corrected chi connectivity index (χ4v) is 3.24. The van der Waals surface area contributed by atoms with Gasteiger partial charge in [0.2, 0.25) is 0 Å². The zero-order valence-corrected chi connectivity index (χ0v) is 11.8. The molecule has 1 aliphatic rings. The second kappa shape index (κ2) is 7.07. The Morgan fingerprint density at radius 2 is 2.22 bits per heavy atom. The largest absolute Gasteiger partial charge is 0.468 e. The summed E-state index contributed by atoms with van der Waals surface area (Å²) in [6.45, 7) is 6.75. The molecule has 1 saturated heterocycles. The van der Waals surface area contributed by atoms with E-state index in [0.29, 0.717) is 0 Å². The molecular formula is C13H22N2O2S. The van der Waals surface area contributed by atoms with Crippen molar-refractivity contribution in [1.29, 1.82) is 0 Å². The molecule has 0 spiro atoms. The van der Waals surface area contributed by atoms with E-state index in [1.54, 1.807) is 6.26 Å². The molecule has 102 valence electrons. The molecule has 2 heterocycles. The number of furan rings is 1. The Morgan fingerprint density at radius 1 is 1.44 bits per heavy atom. The van der Waals surface area contributed by atoms with Gasteiger partial charge in [0.15, 0.2) is 0 Å². The van der Waals surface area contributed by atoms with Gasteiger partial charge in [-0.3, -0.25) is 9.11 Å². The minimum atomic E-state index is -0.598. The minimum Gasteiger partial charge on any atom is -0.468 e. The maximum atomic E-state index is 11.3. The molecule has 0 saturated carbocycles. The quantitative estimate of drug-likeness (QED) is 0.793. The zero-order valence-electron chi connectivity index (χ0n) is 11.0. The van der Waals surface area contributed by atoms with Gasteiger partial charge in [0.1, 0.15) is 5.76 Å². The third-order valence-corrected chi connectivity index (χ3v) is 4.49. The molecule has 1 N–H and O–H groups in total. The summed E-state index contributed by atoms with van der Waals surface area (Å²) in [5, 5.41) is 3.36. The van der Waals surface area contributed by atoms with Gasteiger partial charge in [0.25, 0.3) is 0 Å². The molecular weight excluding hydrogens is 248 g/mol. The fourth-order valence-electron chi connectivity index (χ4n) is 2.12. The molecule has 0 bridgehead atoms. The number of rotatable bonds is 6. The van der Waals surface area contributed by atoms with Crippen LogP contribution in [0.1, 0.15) is 24.7 Å². The summed E-state index contributed by atoms with van der Waals surface area (Å²) in [4.78, 5) is 2.36. The smallest absolute Gasteiger partial charge is 0.122 e. The molecule has 0 atom stereocenters. The first kappa shape index (κ1) is 13.8. The van der Waals surface area contributed by atoms with Gasteiger partial charge in [-0.2, -0.15) is 0 Å². The SMILES string of the molecule is CCCNCc1occc1CN1CCS(=O)CC1. The predicted octanol–water partition coefficient (Wildman–Crippen LogP) is 1.34. The number of nitrogens with zero attached hydrogens (tertiary/aromatic N) is 1. The van der Waals surface area contributed by atoms with Crippen LogP contribution in [-0.2, 0) is 23.9 Å². The second-order valence-corrected chi connectivity index (χ2v) is 6.37. The molecule has 4 nitrogen and oxygen atoms in total. The van der Waals surface area contributed by atoms with Crippen molar-refractivity contribution in [3.8, 4) is 0 Å². The summed E-state index contributed by atoms with van der Waals surface area (Å²) in [6.07, 6.45) is 2.90. The lowest BCUT2D eigenvalue weighted by Gasteiger charge is -2.25. The highest BCUT2D eigenvalue weighted by Crippen LogP contribution is 2.14. The van der Waals surface area contributed by atoms with Gasteiger partial charge < -0.3 is 9.73 Å². The molecule has 1 aliphatic heterocycles. The van der Waals surface area contributed by atoms with Gasteiger partial charge in [-0.05, 0) is 19.0 Å². The Balaban J connectivity index is 1.85. The summed E-state index contributed by atoms with van der Waals surface area (Å²) in [5.74, 6) is 2.65. The van der Waals surface area contributed by atoms with E-state index in [0.717, 1.165) is 56.4 Å². The van der Waals surface area contributed by atoms with Gasteiger partial charge in [-0.1, -0.05) is 6.92 Å². The van der Waals surface area contributed by atoms with E-state index in [-0.39, 0.29) is 0 Å². The van der Waals surface area contributed by atoms with Crippen LogP contribution in [0.2, 0.25) is 0 Å². The molecule has 5 heteroatoms. The summed E-state index contributed by atoms with van der Waals surface area (Å²) < 4.78 is 16.8. The van der Waals surface area contributed by atoms with E-state index in [9.17, 15) is 4.21 Å². The van der Waals surface area contributed by atoms with Crippen LogP contribution >= 0.6 is 0 Å². The highest BCUT2D eigenvalue weighted by molar-refractivity contribution is 7.85.